The lowest BCUT2D eigenvalue weighted by Gasteiger charge is -2.25. The molecule has 4 N–H and O–H groups in total. The van der Waals surface area contributed by atoms with Gasteiger partial charge in [0.05, 0.1) is 12.7 Å². The van der Waals surface area contributed by atoms with Crippen LogP contribution < -0.4 is 5.32 Å². The van der Waals surface area contributed by atoms with Crippen LogP contribution in [0.2, 0.25) is 0 Å². The van der Waals surface area contributed by atoms with Gasteiger partial charge in [0, 0.05) is 30.6 Å². The standard InChI is InChI=1S/C24H35N3O7/c1-6-33-24(31)19(11-16-12-25-18-10-8-7-9-17(16)18)26-20(29)13-34-27-21(22(30)15(4)28)23(32-5)14(2)3/h7-10,12,14-15,19,22-23,25,28,30H,6,11,13H2,1-5H3,(H,26,29)/b27-21+/t15?,19-,22?,23-/m0/s1. The van der Waals surface area contributed by atoms with E-state index in [0.717, 1.165) is 16.5 Å². The number of oxime groups is 1. The van der Waals surface area contributed by atoms with Crippen LogP contribution >= 0.6 is 0 Å². The molecule has 0 aliphatic carbocycles. The highest BCUT2D eigenvalue weighted by molar-refractivity contribution is 5.93. The van der Waals surface area contributed by atoms with Crippen LogP contribution in [-0.4, -0.2) is 77.5 Å². The van der Waals surface area contributed by atoms with Crippen molar-refractivity contribution in [2.75, 3.05) is 20.3 Å². The van der Waals surface area contributed by atoms with Gasteiger partial charge in [0.15, 0.2) is 6.61 Å². The number of H-pyrrole nitrogens is 1. The maximum atomic E-state index is 12.5. The molecule has 0 aliphatic heterocycles. The number of nitrogens with one attached hydrogen (secondary N) is 2. The predicted octanol–water partition coefficient (Wildman–Crippen LogP) is 1.54. The van der Waals surface area contributed by atoms with Crippen molar-refractivity contribution in [2.45, 2.75) is 58.5 Å². The average molecular weight is 478 g/mol. The second-order valence-electron chi connectivity index (χ2n) is 8.31. The van der Waals surface area contributed by atoms with Crippen molar-refractivity contribution in [3.63, 3.8) is 0 Å². The lowest BCUT2D eigenvalue weighted by atomic mass is 9.96. The van der Waals surface area contributed by atoms with Gasteiger partial charge in [-0.25, -0.2) is 4.79 Å². The molecule has 4 atom stereocenters. The van der Waals surface area contributed by atoms with Crippen LogP contribution in [0.25, 0.3) is 10.9 Å². The Morgan fingerprint density at radius 3 is 2.50 bits per heavy atom. The highest BCUT2D eigenvalue weighted by atomic mass is 16.6. The molecule has 0 saturated heterocycles. The Morgan fingerprint density at radius 2 is 1.88 bits per heavy atom. The average Bonchev–Trinajstić information content (AvgIpc) is 3.20. The highest BCUT2D eigenvalue weighted by Crippen LogP contribution is 2.19. The number of aliphatic hydroxyl groups is 2. The first-order valence-corrected chi connectivity index (χ1v) is 11.3. The van der Waals surface area contributed by atoms with Crippen molar-refractivity contribution in [3.05, 3.63) is 36.0 Å². The van der Waals surface area contributed by atoms with Crippen molar-refractivity contribution < 1.29 is 34.1 Å². The first-order valence-electron chi connectivity index (χ1n) is 11.3. The lowest BCUT2D eigenvalue weighted by molar-refractivity contribution is -0.147. The number of aliphatic hydroxyl groups excluding tert-OH is 2. The van der Waals surface area contributed by atoms with Gasteiger partial charge in [0.1, 0.15) is 24.0 Å². The molecule has 0 bridgehead atoms. The Balaban J connectivity index is 2.11. The zero-order valence-electron chi connectivity index (χ0n) is 20.3. The first kappa shape index (κ1) is 27.3. The number of esters is 1. The van der Waals surface area contributed by atoms with E-state index in [2.05, 4.69) is 15.5 Å². The van der Waals surface area contributed by atoms with Crippen molar-refractivity contribution in [3.8, 4) is 0 Å². The molecule has 0 saturated carbocycles. The van der Waals surface area contributed by atoms with Gasteiger partial charge in [-0.1, -0.05) is 37.2 Å². The Labute approximate surface area is 199 Å². The normalized spacial score (nSPS) is 15.6. The van der Waals surface area contributed by atoms with E-state index < -0.39 is 42.8 Å². The van der Waals surface area contributed by atoms with Crippen LogP contribution in [-0.2, 0) is 30.3 Å². The SMILES string of the molecule is CCOC(=O)[C@H](Cc1c[nH]c2ccccc12)NC(=O)CO/N=C(\C(O)C(C)O)[C@@H](OC)C(C)C. The van der Waals surface area contributed by atoms with E-state index >= 15 is 0 Å². The number of carbonyl (C=O) groups is 2. The van der Waals surface area contributed by atoms with Gasteiger partial charge in [0.25, 0.3) is 5.91 Å². The number of carbonyl (C=O) groups excluding carboxylic acids is 2. The van der Waals surface area contributed by atoms with Crippen LogP contribution in [0.3, 0.4) is 0 Å². The van der Waals surface area contributed by atoms with Crippen molar-refractivity contribution in [1.29, 1.82) is 0 Å². The molecular formula is C24H35N3O7. The third-order valence-corrected chi connectivity index (χ3v) is 5.28. The zero-order chi connectivity index (χ0) is 25.3. The minimum atomic E-state index is -1.33. The summed E-state index contributed by atoms with van der Waals surface area (Å²) in [4.78, 5) is 33.4. The second kappa shape index (κ2) is 13.1. The monoisotopic (exact) mass is 477 g/mol. The third kappa shape index (κ3) is 7.28. The molecule has 0 radical (unpaired) electrons. The molecule has 10 heteroatoms. The molecule has 1 aromatic carbocycles. The Bertz CT molecular complexity index is 970. The van der Waals surface area contributed by atoms with E-state index in [1.807, 2.05) is 38.1 Å². The number of rotatable bonds is 13. The van der Waals surface area contributed by atoms with E-state index in [4.69, 9.17) is 14.3 Å². The fourth-order valence-electron chi connectivity index (χ4n) is 3.61. The van der Waals surface area contributed by atoms with E-state index in [-0.39, 0.29) is 24.7 Å². The Kier molecular flexibility index (Phi) is 10.5. The molecule has 188 valence electrons. The van der Waals surface area contributed by atoms with Crippen LogP contribution in [0.5, 0.6) is 0 Å². The fourth-order valence-corrected chi connectivity index (χ4v) is 3.61. The molecule has 0 aliphatic rings. The number of para-hydroxylation sites is 1. The minimum Gasteiger partial charge on any atom is -0.464 e. The van der Waals surface area contributed by atoms with Gasteiger partial charge in [-0.05, 0) is 31.4 Å². The van der Waals surface area contributed by atoms with Gasteiger partial charge in [-0.15, -0.1) is 0 Å². The van der Waals surface area contributed by atoms with Gasteiger partial charge < -0.3 is 34.8 Å². The molecule has 0 spiro atoms. The summed E-state index contributed by atoms with van der Waals surface area (Å²) in [5.74, 6) is -1.22. The van der Waals surface area contributed by atoms with Crippen molar-refractivity contribution >= 4 is 28.5 Å². The predicted molar refractivity (Wildman–Crippen MR) is 127 cm³/mol. The maximum absolute atomic E-state index is 12.5. The molecule has 0 fully saturated rings. The molecule has 1 amide bonds. The minimum absolute atomic E-state index is 0.0704. The molecule has 10 nitrogen and oxygen atoms in total. The summed E-state index contributed by atoms with van der Waals surface area (Å²) < 4.78 is 10.5. The fraction of sp³-hybridized carbons (Fsp3) is 0.542. The number of nitrogens with zero attached hydrogens (tertiary/aromatic N) is 1. The highest BCUT2D eigenvalue weighted by Gasteiger charge is 2.30. The molecule has 2 rings (SSSR count). The molecular weight excluding hydrogens is 442 g/mol. The van der Waals surface area contributed by atoms with E-state index in [1.165, 1.54) is 14.0 Å². The summed E-state index contributed by atoms with van der Waals surface area (Å²) in [6, 6.07) is 6.73. The molecule has 1 aromatic heterocycles. The molecule has 2 unspecified atom stereocenters. The topological polar surface area (TPSA) is 142 Å². The molecule has 34 heavy (non-hydrogen) atoms. The number of benzene rings is 1. The second-order valence-corrected chi connectivity index (χ2v) is 8.31. The number of hydrogen-bond acceptors (Lipinski definition) is 8. The number of ether oxygens (including phenoxy) is 2. The number of hydrogen-bond donors (Lipinski definition) is 4. The van der Waals surface area contributed by atoms with E-state index in [9.17, 15) is 19.8 Å². The quantitative estimate of drug-likeness (QED) is 0.195. The molecule has 1 heterocycles. The van der Waals surface area contributed by atoms with E-state index in [1.54, 1.807) is 13.1 Å². The third-order valence-electron chi connectivity index (χ3n) is 5.28. The Hall–Kier alpha value is -2.95. The number of fused-ring (bicyclic) bond motifs is 1. The van der Waals surface area contributed by atoms with Gasteiger partial charge >= 0.3 is 5.97 Å². The summed E-state index contributed by atoms with van der Waals surface area (Å²) in [7, 11) is 1.45. The zero-order valence-corrected chi connectivity index (χ0v) is 20.3. The van der Waals surface area contributed by atoms with Crippen LogP contribution in [0.4, 0.5) is 0 Å². The van der Waals surface area contributed by atoms with Gasteiger partial charge in [-0.3, -0.25) is 4.79 Å². The summed E-state index contributed by atoms with van der Waals surface area (Å²) in [6.07, 6.45) is -1.05. The lowest BCUT2D eigenvalue weighted by Crippen LogP contribution is -2.45. The Morgan fingerprint density at radius 1 is 1.18 bits per heavy atom. The summed E-state index contributed by atoms with van der Waals surface area (Å²) in [5.41, 5.74) is 1.85. The van der Waals surface area contributed by atoms with Crippen molar-refractivity contribution in [1.82, 2.24) is 10.3 Å². The summed E-state index contributed by atoms with van der Waals surface area (Å²) >= 11 is 0. The summed E-state index contributed by atoms with van der Waals surface area (Å²) in [6.45, 7) is 6.49. The largest absolute Gasteiger partial charge is 0.464 e. The number of aromatic nitrogens is 1. The number of aromatic amines is 1. The van der Waals surface area contributed by atoms with Crippen LogP contribution in [0.1, 0.15) is 33.3 Å². The van der Waals surface area contributed by atoms with Crippen molar-refractivity contribution in [2.24, 2.45) is 11.1 Å². The summed E-state index contributed by atoms with van der Waals surface area (Å²) in [5, 5.41) is 27.5. The van der Waals surface area contributed by atoms with Gasteiger partial charge in [0.2, 0.25) is 0 Å². The van der Waals surface area contributed by atoms with Crippen LogP contribution in [0.15, 0.2) is 35.6 Å². The first-order chi connectivity index (χ1) is 16.2. The number of amides is 1. The van der Waals surface area contributed by atoms with Crippen LogP contribution in [0, 0.1) is 5.92 Å². The van der Waals surface area contributed by atoms with Gasteiger partial charge in [-0.2, -0.15) is 0 Å². The number of methoxy groups -OCH3 is 1. The molecule has 2 aromatic rings. The maximum Gasteiger partial charge on any atom is 0.328 e. The van der Waals surface area contributed by atoms with E-state index in [0.29, 0.717) is 0 Å². The smallest absolute Gasteiger partial charge is 0.328 e.